The molecule has 0 aromatic rings. The van der Waals surface area contributed by atoms with Gasteiger partial charge in [-0.1, -0.05) is 6.92 Å². The number of hydrogen-bond donors (Lipinski definition) is 2. The van der Waals surface area contributed by atoms with Crippen LogP contribution in [-0.2, 0) is 4.79 Å². The lowest BCUT2D eigenvalue weighted by molar-refractivity contribution is -0.134. The van der Waals surface area contributed by atoms with Crippen LogP contribution in [0.15, 0.2) is 0 Å². The van der Waals surface area contributed by atoms with Gasteiger partial charge in [-0.3, -0.25) is 4.79 Å². The summed E-state index contributed by atoms with van der Waals surface area (Å²) in [5.41, 5.74) is 0. The predicted molar refractivity (Wildman–Crippen MR) is 87.6 cm³/mol. The molecular weight excluding hydrogens is 288 g/mol. The number of amides is 1. The molecule has 2 heterocycles. The van der Waals surface area contributed by atoms with E-state index in [1.807, 2.05) is 11.8 Å². The van der Waals surface area contributed by atoms with Crippen molar-refractivity contribution in [3.8, 4) is 0 Å². The van der Waals surface area contributed by atoms with Crippen molar-refractivity contribution in [1.29, 1.82) is 0 Å². The molecule has 2 N–H and O–H groups in total. The average molecular weight is 319 g/mol. The first-order chi connectivity index (χ1) is 9.58. The van der Waals surface area contributed by atoms with Gasteiger partial charge < -0.3 is 15.3 Å². The van der Waals surface area contributed by atoms with Gasteiger partial charge in [-0.05, 0) is 63.5 Å². The van der Waals surface area contributed by atoms with Crippen LogP contribution >= 0.6 is 12.4 Å². The number of likely N-dealkylation sites (tertiary alicyclic amines) is 1. The van der Waals surface area contributed by atoms with Crippen molar-refractivity contribution in [2.24, 2.45) is 17.8 Å². The molecular formula is C16H31ClN2O2. The second-order valence-electron chi connectivity index (χ2n) is 6.75. The first-order valence-corrected chi connectivity index (χ1v) is 8.24. The number of piperidine rings is 2. The van der Waals surface area contributed by atoms with Crippen LogP contribution in [0.25, 0.3) is 0 Å². The van der Waals surface area contributed by atoms with E-state index in [2.05, 4.69) is 12.2 Å². The number of rotatable bonds is 4. The van der Waals surface area contributed by atoms with E-state index >= 15 is 0 Å². The predicted octanol–water partition coefficient (Wildman–Crippen LogP) is 2.05. The molecule has 124 valence electrons. The van der Waals surface area contributed by atoms with Crippen molar-refractivity contribution in [3.05, 3.63) is 0 Å². The minimum Gasteiger partial charge on any atom is -0.393 e. The smallest absolute Gasteiger partial charge is 0.222 e. The molecule has 1 amide bonds. The Labute approximate surface area is 135 Å². The Hall–Kier alpha value is -0.320. The Morgan fingerprint density at radius 2 is 1.90 bits per heavy atom. The van der Waals surface area contributed by atoms with Crippen LogP contribution in [0.1, 0.15) is 46.0 Å². The lowest BCUT2D eigenvalue weighted by atomic mass is 9.85. The molecule has 0 aromatic carbocycles. The van der Waals surface area contributed by atoms with Crippen LogP contribution < -0.4 is 5.32 Å². The zero-order valence-electron chi connectivity index (χ0n) is 13.4. The minimum absolute atomic E-state index is 0. The van der Waals surface area contributed by atoms with Gasteiger partial charge in [0.25, 0.3) is 0 Å². The van der Waals surface area contributed by atoms with Gasteiger partial charge in [-0.25, -0.2) is 0 Å². The molecule has 21 heavy (non-hydrogen) atoms. The Bertz CT molecular complexity index is 311. The summed E-state index contributed by atoms with van der Waals surface area (Å²) in [7, 11) is 0. The van der Waals surface area contributed by atoms with Gasteiger partial charge in [-0.2, -0.15) is 0 Å². The van der Waals surface area contributed by atoms with Gasteiger partial charge in [0.15, 0.2) is 0 Å². The van der Waals surface area contributed by atoms with Gasteiger partial charge in [0.05, 0.1) is 6.10 Å². The maximum absolute atomic E-state index is 12.4. The zero-order valence-corrected chi connectivity index (χ0v) is 14.2. The third kappa shape index (κ3) is 5.42. The van der Waals surface area contributed by atoms with E-state index in [4.69, 9.17) is 0 Å². The molecule has 0 saturated carbocycles. The fourth-order valence-electron chi connectivity index (χ4n) is 3.57. The maximum Gasteiger partial charge on any atom is 0.222 e. The van der Waals surface area contributed by atoms with Gasteiger partial charge in [-0.15, -0.1) is 12.4 Å². The Kier molecular flexibility index (Phi) is 7.99. The third-order valence-corrected chi connectivity index (χ3v) is 5.21. The molecule has 0 aliphatic carbocycles. The van der Waals surface area contributed by atoms with Gasteiger partial charge in [0.1, 0.15) is 0 Å². The van der Waals surface area contributed by atoms with E-state index in [1.165, 1.54) is 12.8 Å². The number of nitrogens with zero attached hydrogens (tertiary/aromatic N) is 1. The zero-order chi connectivity index (χ0) is 14.5. The number of carbonyl (C=O) groups excluding carboxylic acids is 1. The molecule has 4 nitrogen and oxygen atoms in total. The number of aliphatic hydroxyl groups is 1. The Morgan fingerprint density at radius 1 is 1.24 bits per heavy atom. The van der Waals surface area contributed by atoms with Gasteiger partial charge >= 0.3 is 0 Å². The van der Waals surface area contributed by atoms with Crippen LogP contribution in [0.2, 0.25) is 0 Å². The monoisotopic (exact) mass is 318 g/mol. The molecule has 0 radical (unpaired) electrons. The van der Waals surface area contributed by atoms with Crippen LogP contribution in [0.4, 0.5) is 0 Å². The maximum atomic E-state index is 12.4. The molecule has 2 saturated heterocycles. The molecule has 0 aromatic heterocycles. The van der Waals surface area contributed by atoms with Crippen molar-refractivity contribution in [2.45, 2.75) is 52.1 Å². The normalized spacial score (nSPS) is 26.8. The van der Waals surface area contributed by atoms with Crippen LogP contribution in [-0.4, -0.2) is 48.2 Å². The van der Waals surface area contributed by atoms with Crippen molar-refractivity contribution in [2.75, 3.05) is 26.2 Å². The molecule has 0 spiro atoms. The lowest BCUT2D eigenvalue weighted by Gasteiger charge is -2.35. The Balaban J connectivity index is 0.00000220. The van der Waals surface area contributed by atoms with Crippen LogP contribution in [0.3, 0.4) is 0 Å². The number of nitrogens with one attached hydrogen (secondary N) is 1. The van der Waals surface area contributed by atoms with E-state index in [9.17, 15) is 9.90 Å². The second-order valence-corrected chi connectivity index (χ2v) is 6.75. The highest BCUT2D eigenvalue weighted by molar-refractivity contribution is 5.85. The molecule has 2 aliphatic rings. The number of aliphatic hydroxyl groups excluding tert-OH is 1. The average Bonchev–Trinajstić information content (AvgIpc) is 2.48. The topological polar surface area (TPSA) is 52.6 Å². The van der Waals surface area contributed by atoms with Crippen molar-refractivity contribution in [3.63, 3.8) is 0 Å². The number of hydrogen-bond acceptors (Lipinski definition) is 3. The molecule has 3 atom stereocenters. The molecule has 5 heteroatoms. The summed E-state index contributed by atoms with van der Waals surface area (Å²) in [5.74, 6) is 1.82. The summed E-state index contributed by atoms with van der Waals surface area (Å²) in [6, 6.07) is 0. The lowest BCUT2D eigenvalue weighted by Crippen LogP contribution is -2.42. The largest absolute Gasteiger partial charge is 0.393 e. The second kappa shape index (κ2) is 8.96. The van der Waals surface area contributed by atoms with E-state index in [-0.39, 0.29) is 18.5 Å². The summed E-state index contributed by atoms with van der Waals surface area (Å²) in [6.07, 6.45) is 4.84. The quantitative estimate of drug-likeness (QED) is 0.834. The van der Waals surface area contributed by atoms with Crippen molar-refractivity contribution >= 4 is 18.3 Å². The highest BCUT2D eigenvalue weighted by atomic mass is 35.5. The summed E-state index contributed by atoms with van der Waals surface area (Å²) in [6.45, 7) is 7.93. The van der Waals surface area contributed by atoms with Crippen LogP contribution in [0, 0.1) is 17.8 Å². The van der Waals surface area contributed by atoms with Crippen molar-refractivity contribution < 1.29 is 9.90 Å². The number of halogens is 1. The van der Waals surface area contributed by atoms with E-state index in [1.54, 1.807) is 0 Å². The van der Waals surface area contributed by atoms with Crippen LogP contribution in [0.5, 0.6) is 0 Å². The van der Waals surface area contributed by atoms with E-state index < -0.39 is 0 Å². The van der Waals surface area contributed by atoms with E-state index in [0.717, 1.165) is 39.0 Å². The summed E-state index contributed by atoms with van der Waals surface area (Å²) < 4.78 is 0. The fourth-order valence-corrected chi connectivity index (χ4v) is 3.57. The molecule has 2 rings (SSSR count). The summed E-state index contributed by atoms with van der Waals surface area (Å²) >= 11 is 0. The fraction of sp³-hybridized carbons (Fsp3) is 0.938. The Morgan fingerprint density at radius 3 is 2.43 bits per heavy atom. The first-order valence-electron chi connectivity index (χ1n) is 8.24. The standard InChI is InChI=1S/C16H30N2O2.ClH/c1-12(15-4-3-7-17-11-15)10-16(20)18-8-5-14(6-9-18)13(2)19;/h12-15,17,19H,3-11H2,1-2H3;1H. The summed E-state index contributed by atoms with van der Waals surface area (Å²) in [5, 5.41) is 13.0. The first kappa shape index (κ1) is 18.7. The minimum atomic E-state index is -0.237. The highest BCUT2D eigenvalue weighted by Crippen LogP contribution is 2.25. The molecule has 0 bridgehead atoms. The molecule has 2 fully saturated rings. The third-order valence-electron chi connectivity index (χ3n) is 5.21. The summed E-state index contributed by atoms with van der Waals surface area (Å²) in [4.78, 5) is 14.4. The number of carbonyl (C=O) groups is 1. The van der Waals surface area contributed by atoms with Gasteiger partial charge in [0.2, 0.25) is 5.91 Å². The molecule has 2 aliphatic heterocycles. The SMILES string of the molecule is CC(O)C1CCN(C(=O)CC(C)C2CCCNC2)CC1.Cl. The van der Waals surface area contributed by atoms with E-state index in [0.29, 0.717) is 30.1 Å². The molecule has 3 unspecified atom stereocenters. The van der Waals surface area contributed by atoms with Gasteiger partial charge in [0, 0.05) is 19.5 Å². The van der Waals surface area contributed by atoms with Crippen molar-refractivity contribution in [1.82, 2.24) is 10.2 Å². The highest BCUT2D eigenvalue weighted by Gasteiger charge is 2.28.